The Bertz CT molecular complexity index is 582. The number of rotatable bonds is 6. The van der Waals surface area contributed by atoms with Crippen molar-refractivity contribution in [1.29, 1.82) is 0 Å². The summed E-state index contributed by atoms with van der Waals surface area (Å²) >= 11 is 0. The Balaban J connectivity index is 1.83. The number of hydrogen-bond donors (Lipinski definition) is 2. The van der Waals surface area contributed by atoms with Crippen LogP contribution in [0.3, 0.4) is 0 Å². The molecule has 1 aromatic heterocycles. The first-order valence-electron chi connectivity index (χ1n) is 6.43. The summed E-state index contributed by atoms with van der Waals surface area (Å²) in [5.74, 6) is 0.851. The largest absolute Gasteiger partial charge is 0.484 e. The maximum atomic E-state index is 11.7. The molecule has 1 aromatic carbocycles. The summed E-state index contributed by atoms with van der Waals surface area (Å²) < 4.78 is 10.3. The molecule has 0 bridgehead atoms. The van der Waals surface area contributed by atoms with E-state index in [1.54, 1.807) is 24.3 Å². The number of anilines is 1. The lowest BCUT2D eigenvalue weighted by Gasteiger charge is -2.08. The fourth-order valence-corrected chi connectivity index (χ4v) is 1.64. The molecule has 21 heavy (non-hydrogen) atoms. The van der Waals surface area contributed by atoms with Gasteiger partial charge in [0.2, 0.25) is 5.88 Å². The summed E-state index contributed by atoms with van der Waals surface area (Å²) in [7, 11) is 1.53. The first kappa shape index (κ1) is 14.8. The minimum atomic E-state index is -0.259. The van der Waals surface area contributed by atoms with Crippen LogP contribution in [-0.4, -0.2) is 24.6 Å². The van der Waals surface area contributed by atoms with E-state index in [0.29, 0.717) is 23.9 Å². The van der Waals surface area contributed by atoms with E-state index in [1.165, 1.54) is 13.3 Å². The highest BCUT2D eigenvalue weighted by molar-refractivity contribution is 5.91. The number of nitrogens with two attached hydrogens (primary N) is 1. The van der Waals surface area contributed by atoms with Gasteiger partial charge in [-0.2, -0.15) is 0 Å². The van der Waals surface area contributed by atoms with Gasteiger partial charge in [-0.3, -0.25) is 4.79 Å². The fraction of sp³-hybridized carbons (Fsp3) is 0.200. The van der Waals surface area contributed by atoms with E-state index in [4.69, 9.17) is 15.2 Å². The summed E-state index contributed by atoms with van der Waals surface area (Å²) in [5.41, 5.74) is 7.11. The van der Waals surface area contributed by atoms with Crippen molar-refractivity contribution in [3.05, 3.63) is 48.2 Å². The zero-order valence-corrected chi connectivity index (χ0v) is 11.7. The van der Waals surface area contributed by atoms with Crippen molar-refractivity contribution >= 4 is 11.6 Å². The summed E-state index contributed by atoms with van der Waals surface area (Å²) in [6.45, 7) is 0.402. The fourth-order valence-electron chi connectivity index (χ4n) is 1.64. The van der Waals surface area contributed by atoms with E-state index in [-0.39, 0.29) is 12.5 Å². The van der Waals surface area contributed by atoms with E-state index in [0.717, 1.165) is 5.56 Å². The molecule has 1 amide bonds. The third-order valence-electron chi connectivity index (χ3n) is 2.76. The Morgan fingerprint density at radius 2 is 2.00 bits per heavy atom. The third-order valence-corrected chi connectivity index (χ3v) is 2.76. The second-order valence-corrected chi connectivity index (χ2v) is 4.27. The van der Waals surface area contributed by atoms with Crippen LogP contribution in [0, 0.1) is 0 Å². The molecule has 110 valence electrons. The predicted molar refractivity (Wildman–Crippen MR) is 79.2 cm³/mol. The van der Waals surface area contributed by atoms with Gasteiger partial charge in [-0.05, 0) is 23.8 Å². The molecule has 0 fully saturated rings. The van der Waals surface area contributed by atoms with Crippen molar-refractivity contribution in [2.75, 3.05) is 19.0 Å². The van der Waals surface area contributed by atoms with Gasteiger partial charge in [-0.25, -0.2) is 4.98 Å². The maximum Gasteiger partial charge on any atom is 0.262 e. The number of aromatic nitrogens is 1. The van der Waals surface area contributed by atoms with Crippen LogP contribution in [-0.2, 0) is 11.3 Å². The minimum Gasteiger partial charge on any atom is -0.484 e. The van der Waals surface area contributed by atoms with Crippen LogP contribution < -0.4 is 20.5 Å². The number of pyridine rings is 1. The van der Waals surface area contributed by atoms with E-state index in [1.807, 2.05) is 12.1 Å². The van der Waals surface area contributed by atoms with Crippen molar-refractivity contribution in [1.82, 2.24) is 4.98 Å². The molecule has 2 rings (SSSR count). The molecule has 0 unspecified atom stereocenters. The molecule has 6 nitrogen and oxygen atoms in total. The lowest BCUT2D eigenvalue weighted by Crippen LogP contribution is -2.20. The van der Waals surface area contributed by atoms with Gasteiger partial charge >= 0.3 is 0 Å². The van der Waals surface area contributed by atoms with Crippen molar-refractivity contribution < 1.29 is 14.3 Å². The average molecular weight is 287 g/mol. The Morgan fingerprint density at radius 1 is 1.24 bits per heavy atom. The van der Waals surface area contributed by atoms with E-state index in [2.05, 4.69) is 10.3 Å². The van der Waals surface area contributed by atoms with E-state index >= 15 is 0 Å². The quantitative estimate of drug-likeness (QED) is 0.842. The molecule has 0 atom stereocenters. The zero-order chi connectivity index (χ0) is 15.1. The molecule has 0 radical (unpaired) electrons. The van der Waals surface area contributed by atoms with E-state index < -0.39 is 0 Å². The zero-order valence-electron chi connectivity index (χ0n) is 11.7. The van der Waals surface area contributed by atoms with Crippen LogP contribution in [0.1, 0.15) is 5.56 Å². The molecule has 0 aliphatic rings. The van der Waals surface area contributed by atoms with Crippen molar-refractivity contribution in [2.24, 2.45) is 5.73 Å². The number of methoxy groups -OCH3 is 1. The third kappa shape index (κ3) is 4.47. The number of benzene rings is 1. The molecule has 0 saturated heterocycles. The Morgan fingerprint density at radius 3 is 2.57 bits per heavy atom. The van der Waals surface area contributed by atoms with Crippen LogP contribution in [0.2, 0.25) is 0 Å². The molecule has 0 saturated carbocycles. The molecule has 0 aliphatic carbocycles. The number of nitrogens with one attached hydrogen (secondary N) is 1. The van der Waals surface area contributed by atoms with Gasteiger partial charge in [-0.15, -0.1) is 0 Å². The molecule has 2 aromatic rings. The number of amides is 1. The van der Waals surface area contributed by atoms with Crippen molar-refractivity contribution in [2.45, 2.75) is 6.54 Å². The van der Waals surface area contributed by atoms with Gasteiger partial charge in [0.1, 0.15) is 5.75 Å². The van der Waals surface area contributed by atoms with Crippen molar-refractivity contribution in [3.63, 3.8) is 0 Å². The van der Waals surface area contributed by atoms with Crippen molar-refractivity contribution in [3.8, 4) is 11.6 Å². The first-order valence-corrected chi connectivity index (χ1v) is 6.43. The summed E-state index contributed by atoms with van der Waals surface area (Å²) in [4.78, 5) is 15.7. The van der Waals surface area contributed by atoms with Gasteiger partial charge in [0.25, 0.3) is 5.91 Å². The molecular formula is C15H17N3O3. The normalized spacial score (nSPS) is 10.0. The van der Waals surface area contributed by atoms with Gasteiger partial charge in [-0.1, -0.05) is 12.1 Å². The Kier molecular flexibility index (Phi) is 5.11. The molecule has 1 heterocycles. The van der Waals surface area contributed by atoms with Crippen LogP contribution in [0.25, 0.3) is 0 Å². The summed E-state index contributed by atoms with van der Waals surface area (Å²) in [6.07, 6.45) is 1.52. The Hall–Kier alpha value is -2.60. The molecule has 0 aliphatic heterocycles. The summed E-state index contributed by atoms with van der Waals surface area (Å²) in [6, 6.07) is 10.7. The van der Waals surface area contributed by atoms with Gasteiger partial charge in [0, 0.05) is 12.6 Å². The van der Waals surface area contributed by atoms with Crippen LogP contribution in [0.5, 0.6) is 11.6 Å². The topological polar surface area (TPSA) is 86.5 Å². The highest BCUT2D eigenvalue weighted by atomic mass is 16.5. The highest BCUT2D eigenvalue weighted by Crippen LogP contribution is 2.13. The number of carbonyl (C=O) groups is 1. The van der Waals surface area contributed by atoms with Crippen LogP contribution in [0.4, 0.5) is 5.69 Å². The number of hydrogen-bond acceptors (Lipinski definition) is 5. The van der Waals surface area contributed by atoms with Crippen LogP contribution in [0.15, 0.2) is 42.6 Å². The van der Waals surface area contributed by atoms with Gasteiger partial charge in [0.15, 0.2) is 6.61 Å². The van der Waals surface area contributed by atoms with Crippen LogP contribution >= 0.6 is 0 Å². The molecule has 0 spiro atoms. The number of nitrogens with zero attached hydrogens (tertiary/aromatic N) is 1. The smallest absolute Gasteiger partial charge is 0.262 e. The maximum absolute atomic E-state index is 11.7. The molecule has 3 N–H and O–H groups in total. The monoisotopic (exact) mass is 287 g/mol. The lowest BCUT2D eigenvalue weighted by atomic mass is 10.2. The SMILES string of the molecule is COc1ccc(NC(=O)COc2ccc(CN)cc2)cn1. The van der Waals surface area contributed by atoms with Gasteiger partial charge < -0.3 is 20.5 Å². The Labute approximate surface area is 122 Å². The highest BCUT2D eigenvalue weighted by Gasteiger charge is 2.04. The second kappa shape index (κ2) is 7.25. The number of carbonyl (C=O) groups excluding carboxylic acids is 1. The second-order valence-electron chi connectivity index (χ2n) is 4.27. The van der Waals surface area contributed by atoms with Gasteiger partial charge in [0.05, 0.1) is 19.0 Å². The number of ether oxygens (including phenoxy) is 2. The predicted octanol–water partition coefficient (Wildman–Crippen LogP) is 1.57. The molecular weight excluding hydrogens is 270 g/mol. The average Bonchev–Trinajstić information content (AvgIpc) is 2.54. The minimum absolute atomic E-state index is 0.0754. The van der Waals surface area contributed by atoms with E-state index in [9.17, 15) is 4.79 Å². The summed E-state index contributed by atoms with van der Waals surface area (Å²) in [5, 5.41) is 2.68. The lowest BCUT2D eigenvalue weighted by molar-refractivity contribution is -0.118. The molecule has 6 heteroatoms. The first-order chi connectivity index (χ1) is 10.2. The standard InChI is InChI=1S/C15H17N3O3/c1-20-15-7-4-12(9-17-15)18-14(19)10-21-13-5-2-11(8-16)3-6-13/h2-7,9H,8,10,16H2,1H3,(H,18,19).